The second-order valence-corrected chi connectivity index (χ2v) is 5.33. The molecule has 0 bridgehead atoms. The van der Waals surface area contributed by atoms with E-state index in [2.05, 4.69) is 0 Å². The van der Waals surface area contributed by atoms with Crippen LogP contribution in [0.15, 0.2) is 18.2 Å². The molecule has 1 aliphatic heterocycles. The summed E-state index contributed by atoms with van der Waals surface area (Å²) in [4.78, 5) is 14.4. The Balaban J connectivity index is 2.21. The van der Waals surface area contributed by atoms with Crippen molar-refractivity contribution in [1.82, 2.24) is 4.90 Å². The number of carbonyl (C=O) groups is 1. The minimum atomic E-state index is -0.0627. The molecular formula is C14H19ClN2O2. The Morgan fingerprint density at radius 1 is 1.47 bits per heavy atom. The van der Waals surface area contributed by atoms with E-state index in [9.17, 15) is 4.79 Å². The van der Waals surface area contributed by atoms with Gasteiger partial charge in [0, 0.05) is 29.9 Å². The number of benzene rings is 1. The van der Waals surface area contributed by atoms with Crippen LogP contribution in [0.5, 0.6) is 0 Å². The summed E-state index contributed by atoms with van der Waals surface area (Å²) < 4.78 is 0. The number of likely N-dealkylation sites (tertiary alicyclic amines) is 1. The Morgan fingerprint density at radius 2 is 2.26 bits per heavy atom. The molecule has 1 aromatic carbocycles. The molecular weight excluding hydrogens is 264 g/mol. The van der Waals surface area contributed by atoms with Crippen LogP contribution in [0, 0.1) is 0 Å². The van der Waals surface area contributed by atoms with Crippen LogP contribution in [0.1, 0.15) is 36.0 Å². The number of hydrogen-bond donors (Lipinski definition) is 2. The molecule has 1 amide bonds. The van der Waals surface area contributed by atoms with E-state index in [4.69, 9.17) is 22.4 Å². The third-order valence-electron chi connectivity index (χ3n) is 3.59. The second kappa shape index (κ2) is 6.26. The van der Waals surface area contributed by atoms with Gasteiger partial charge >= 0.3 is 0 Å². The lowest BCUT2D eigenvalue weighted by Crippen LogP contribution is -2.44. The van der Waals surface area contributed by atoms with Gasteiger partial charge in [0.05, 0.1) is 5.56 Å². The molecule has 104 valence electrons. The smallest absolute Gasteiger partial charge is 0.256 e. The Morgan fingerprint density at radius 3 is 2.95 bits per heavy atom. The molecule has 2 rings (SSSR count). The standard InChI is InChI=1S/C14H19ClN2O2/c15-10-4-5-12(13(16)9-10)14(19)17-7-2-1-3-11(17)6-8-18/h4-5,9,11,18H,1-3,6-8,16H2. The van der Waals surface area contributed by atoms with Gasteiger partial charge in [0.1, 0.15) is 0 Å². The number of aliphatic hydroxyl groups is 1. The van der Waals surface area contributed by atoms with Gasteiger partial charge in [-0.25, -0.2) is 0 Å². The number of amides is 1. The third kappa shape index (κ3) is 3.19. The summed E-state index contributed by atoms with van der Waals surface area (Å²) in [6, 6.07) is 5.06. The summed E-state index contributed by atoms with van der Waals surface area (Å²) in [5, 5.41) is 9.63. The molecule has 1 heterocycles. The monoisotopic (exact) mass is 282 g/mol. The van der Waals surface area contributed by atoms with Gasteiger partial charge in [-0.05, 0) is 43.9 Å². The highest BCUT2D eigenvalue weighted by molar-refractivity contribution is 6.31. The fraction of sp³-hybridized carbons (Fsp3) is 0.500. The molecule has 0 saturated carbocycles. The van der Waals surface area contributed by atoms with Crippen LogP contribution in [-0.2, 0) is 0 Å². The largest absolute Gasteiger partial charge is 0.398 e. The lowest BCUT2D eigenvalue weighted by molar-refractivity contribution is 0.0576. The van der Waals surface area contributed by atoms with Crippen molar-refractivity contribution in [2.45, 2.75) is 31.7 Å². The van der Waals surface area contributed by atoms with Gasteiger partial charge in [-0.2, -0.15) is 0 Å². The molecule has 1 saturated heterocycles. The molecule has 5 heteroatoms. The maximum atomic E-state index is 12.5. The van der Waals surface area contributed by atoms with E-state index in [0.29, 0.717) is 22.7 Å². The van der Waals surface area contributed by atoms with Gasteiger partial charge in [0.15, 0.2) is 0 Å². The summed E-state index contributed by atoms with van der Waals surface area (Å²) >= 11 is 5.85. The molecule has 0 radical (unpaired) electrons. The van der Waals surface area contributed by atoms with Gasteiger partial charge < -0.3 is 15.7 Å². The summed E-state index contributed by atoms with van der Waals surface area (Å²) in [5.41, 5.74) is 6.77. The van der Waals surface area contributed by atoms with Crippen molar-refractivity contribution in [3.05, 3.63) is 28.8 Å². The Labute approximate surface area is 118 Å². The van der Waals surface area contributed by atoms with Crippen LogP contribution >= 0.6 is 11.6 Å². The lowest BCUT2D eigenvalue weighted by atomic mass is 9.98. The number of nitrogen functional groups attached to an aromatic ring is 1. The molecule has 0 spiro atoms. The minimum absolute atomic E-state index is 0.0627. The Hall–Kier alpha value is -1.26. The predicted octanol–water partition coefficient (Wildman–Crippen LogP) is 2.30. The molecule has 0 aliphatic carbocycles. The van der Waals surface area contributed by atoms with Crippen molar-refractivity contribution in [2.24, 2.45) is 0 Å². The molecule has 19 heavy (non-hydrogen) atoms. The van der Waals surface area contributed by atoms with E-state index < -0.39 is 0 Å². The fourth-order valence-electron chi connectivity index (χ4n) is 2.60. The van der Waals surface area contributed by atoms with Crippen molar-refractivity contribution in [1.29, 1.82) is 0 Å². The highest BCUT2D eigenvalue weighted by Gasteiger charge is 2.27. The van der Waals surface area contributed by atoms with Crippen molar-refractivity contribution in [3.63, 3.8) is 0 Å². The van der Waals surface area contributed by atoms with Crippen molar-refractivity contribution in [2.75, 3.05) is 18.9 Å². The zero-order valence-corrected chi connectivity index (χ0v) is 11.6. The van der Waals surface area contributed by atoms with Crippen LogP contribution in [0.4, 0.5) is 5.69 Å². The van der Waals surface area contributed by atoms with Crippen molar-refractivity contribution in [3.8, 4) is 0 Å². The molecule has 1 unspecified atom stereocenters. The number of hydrogen-bond acceptors (Lipinski definition) is 3. The number of nitrogens with two attached hydrogens (primary N) is 1. The minimum Gasteiger partial charge on any atom is -0.398 e. The van der Waals surface area contributed by atoms with Gasteiger partial charge in [-0.15, -0.1) is 0 Å². The van der Waals surface area contributed by atoms with Gasteiger partial charge in [0.25, 0.3) is 5.91 Å². The first-order valence-corrected chi connectivity index (χ1v) is 6.98. The SMILES string of the molecule is Nc1cc(Cl)ccc1C(=O)N1CCCCC1CCO. The zero-order valence-electron chi connectivity index (χ0n) is 10.8. The average Bonchev–Trinajstić information content (AvgIpc) is 2.39. The van der Waals surface area contributed by atoms with E-state index in [0.717, 1.165) is 25.8 Å². The number of carbonyl (C=O) groups excluding carboxylic acids is 1. The first-order valence-electron chi connectivity index (χ1n) is 6.60. The lowest BCUT2D eigenvalue weighted by Gasteiger charge is -2.35. The first kappa shape index (κ1) is 14.2. The molecule has 3 N–H and O–H groups in total. The van der Waals surface area contributed by atoms with Crippen LogP contribution < -0.4 is 5.73 Å². The maximum absolute atomic E-state index is 12.5. The normalized spacial score (nSPS) is 19.5. The number of halogens is 1. The van der Waals surface area contributed by atoms with E-state index in [-0.39, 0.29) is 18.6 Å². The quantitative estimate of drug-likeness (QED) is 0.836. The Kier molecular flexibility index (Phi) is 4.66. The molecule has 1 atom stereocenters. The summed E-state index contributed by atoms with van der Waals surface area (Å²) in [5.74, 6) is -0.0627. The second-order valence-electron chi connectivity index (χ2n) is 4.89. The first-order chi connectivity index (χ1) is 9.13. The van der Waals surface area contributed by atoms with Crippen LogP contribution in [0.2, 0.25) is 5.02 Å². The van der Waals surface area contributed by atoms with Crippen molar-refractivity contribution >= 4 is 23.2 Å². The van der Waals surface area contributed by atoms with Crippen LogP contribution in [-0.4, -0.2) is 35.1 Å². The number of rotatable bonds is 3. The fourth-order valence-corrected chi connectivity index (χ4v) is 2.78. The van der Waals surface area contributed by atoms with E-state index >= 15 is 0 Å². The Bertz CT molecular complexity index is 463. The molecule has 1 aromatic rings. The maximum Gasteiger partial charge on any atom is 0.256 e. The van der Waals surface area contributed by atoms with Gasteiger partial charge in [-0.1, -0.05) is 11.6 Å². The highest BCUT2D eigenvalue weighted by Crippen LogP contribution is 2.25. The third-order valence-corrected chi connectivity index (χ3v) is 3.83. The number of piperidine rings is 1. The number of aliphatic hydroxyl groups excluding tert-OH is 1. The van der Waals surface area contributed by atoms with Crippen LogP contribution in [0.3, 0.4) is 0 Å². The highest BCUT2D eigenvalue weighted by atomic mass is 35.5. The summed E-state index contributed by atoms with van der Waals surface area (Å²) in [6.07, 6.45) is 3.67. The summed E-state index contributed by atoms with van der Waals surface area (Å²) in [6.45, 7) is 0.829. The van der Waals surface area contributed by atoms with Crippen molar-refractivity contribution < 1.29 is 9.90 Å². The predicted molar refractivity (Wildman–Crippen MR) is 76.2 cm³/mol. The molecule has 0 aromatic heterocycles. The van der Waals surface area contributed by atoms with Gasteiger partial charge in [0.2, 0.25) is 0 Å². The van der Waals surface area contributed by atoms with Gasteiger partial charge in [-0.3, -0.25) is 4.79 Å². The number of anilines is 1. The van der Waals surface area contributed by atoms with E-state index in [1.165, 1.54) is 0 Å². The average molecular weight is 283 g/mol. The van der Waals surface area contributed by atoms with Crippen LogP contribution in [0.25, 0.3) is 0 Å². The topological polar surface area (TPSA) is 66.6 Å². The van der Waals surface area contributed by atoms with E-state index in [1.807, 2.05) is 4.90 Å². The molecule has 1 fully saturated rings. The summed E-state index contributed by atoms with van der Waals surface area (Å²) in [7, 11) is 0. The zero-order chi connectivity index (χ0) is 13.8. The molecule has 4 nitrogen and oxygen atoms in total. The van der Waals surface area contributed by atoms with E-state index in [1.54, 1.807) is 18.2 Å². The molecule has 1 aliphatic rings. The number of nitrogens with zero attached hydrogens (tertiary/aromatic N) is 1.